The van der Waals surface area contributed by atoms with Gasteiger partial charge in [0.1, 0.15) is 5.75 Å². The van der Waals surface area contributed by atoms with Gasteiger partial charge in [-0.2, -0.15) is 0 Å². The fourth-order valence-corrected chi connectivity index (χ4v) is 3.69. The van der Waals surface area contributed by atoms with Crippen LogP contribution < -0.4 is 15.8 Å². The molecule has 0 saturated heterocycles. The zero-order valence-electron chi connectivity index (χ0n) is 14.5. The molecule has 0 saturated carbocycles. The van der Waals surface area contributed by atoms with Crippen LogP contribution in [0.4, 0.5) is 5.69 Å². The highest BCUT2D eigenvalue weighted by molar-refractivity contribution is 8.00. The number of aryl methyl sites for hydroxylation is 2. The number of fused-ring (bicyclic) bond motifs is 1. The zero-order chi connectivity index (χ0) is 18.4. The molecule has 3 N–H and O–H groups in total. The molecule has 1 aliphatic rings. The first-order valence-electron chi connectivity index (χ1n) is 8.66. The summed E-state index contributed by atoms with van der Waals surface area (Å²) in [6, 6.07) is 13.6. The summed E-state index contributed by atoms with van der Waals surface area (Å²) in [4.78, 5) is 24.2. The predicted molar refractivity (Wildman–Crippen MR) is 104 cm³/mol. The smallest absolute Gasteiger partial charge is 0.234 e. The van der Waals surface area contributed by atoms with Gasteiger partial charge < -0.3 is 15.8 Å². The monoisotopic (exact) mass is 370 g/mol. The maximum Gasteiger partial charge on any atom is 0.234 e. The molecule has 2 amide bonds. The zero-order valence-corrected chi connectivity index (χ0v) is 15.3. The Hall–Kier alpha value is -2.47. The lowest BCUT2D eigenvalue weighted by Crippen LogP contribution is -2.17. The van der Waals surface area contributed by atoms with Gasteiger partial charge in [0.05, 0.1) is 24.5 Å². The molecule has 0 radical (unpaired) electrons. The third-order valence-corrected chi connectivity index (χ3v) is 5.20. The van der Waals surface area contributed by atoms with Crippen molar-refractivity contribution in [2.24, 2.45) is 5.73 Å². The number of nitrogens with two attached hydrogens (primary N) is 1. The Balaban J connectivity index is 1.54. The number of rotatable bonds is 8. The van der Waals surface area contributed by atoms with Crippen LogP contribution in [0, 0.1) is 0 Å². The maximum absolute atomic E-state index is 12.3. The molecule has 0 aliphatic heterocycles. The molecule has 0 atom stereocenters. The Morgan fingerprint density at radius 3 is 2.77 bits per heavy atom. The normalized spacial score (nSPS) is 12.5. The Bertz CT molecular complexity index is 807. The quantitative estimate of drug-likeness (QED) is 0.700. The summed E-state index contributed by atoms with van der Waals surface area (Å²) in [5, 5.41) is 2.87. The van der Waals surface area contributed by atoms with E-state index in [0.29, 0.717) is 17.2 Å². The SMILES string of the molecule is NC(=O)CCOc1ccccc1NC(=O)CSc1ccc2c(c1)CCC2. The predicted octanol–water partition coefficient (Wildman–Crippen LogP) is 3.16. The van der Waals surface area contributed by atoms with Crippen LogP contribution in [0.3, 0.4) is 0 Å². The third kappa shape index (κ3) is 5.02. The molecular formula is C20H22N2O3S. The van der Waals surface area contributed by atoms with Gasteiger partial charge in [0.15, 0.2) is 0 Å². The van der Waals surface area contributed by atoms with Crippen LogP contribution in [0.1, 0.15) is 24.0 Å². The number of carbonyl (C=O) groups excluding carboxylic acids is 2. The Morgan fingerprint density at radius 2 is 1.92 bits per heavy atom. The molecule has 0 fully saturated rings. The molecule has 2 aromatic rings. The van der Waals surface area contributed by atoms with E-state index in [0.717, 1.165) is 17.7 Å². The molecule has 0 unspecified atom stereocenters. The fraction of sp³-hybridized carbons (Fsp3) is 0.300. The summed E-state index contributed by atoms with van der Waals surface area (Å²) in [6.45, 7) is 0.187. The number of hydrogen-bond acceptors (Lipinski definition) is 4. The van der Waals surface area contributed by atoms with E-state index in [1.165, 1.54) is 29.3 Å². The standard InChI is InChI=1S/C20H22N2O3S/c21-19(23)10-11-25-18-7-2-1-6-17(18)22-20(24)13-26-16-9-8-14-4-3-5-15(14)12-16/h1-2,6-9,12H,3-5,10-11,13H2,(H2,21,23)(H,22,24). The topological polar surface area (TPSA) is 81.4 Å². The molecule has 136 valence electrons. The maximum atomic E-state index is 12.3. The second kappa shape index (κ2) is 8.76. The van der Waals surface area contributed by atoms with Crippen LogP contribution >= 0.6 is 11.8 Å². The first-order chi connectivity index (χ1) is 12.6. The summed E-state index contributed by atoms with van der Waals surface area (Å²) < 4.78 is 5.54. The number of benzene rings is 2. The minimum Gasteiger partial charge on any atom is -0.491 e. The summed E-state index contributed by atoms with van der Waals surface area (Å²) in [5.41, 5.74) is 8.54. The van der Waals surface area contributed by atoms with Crippen LogP contribution in [0.2, 0.25) is 0 Å². The van der Waals surface area contributed by atoms with Gasteiger partial charge in [-0.1, -0.05) is 18.2 Å². The van der Waals surface area contributed by atoms with Crippen LogP contribution in [-0.2, 0) is 22.4 Å². The molecular weight excluding hydrogens is 348 g/mol. The van der Waals surface area contributed by atoms with Gasteiger partial charge in [-0.05, 0) is 54.7 Å². The number of anilines is 1. The lowest BCUT2D eigenvalue weighted by molar-refractivity contribution is -0.118. The number of hydrogen-bond donors (Lipinski definition) is 2. The van der Waals surface area contributed by atoms with Crippen molar-refractivity contribution >= 4 is 29.3 Å². The number of thioether (sulfide) groups is 1. The minimum absolute atomic E-state index is 0.0959. The van der Waals surface area contributed by atoms with Crippen molar-refractivity contribution in [1.82, 2.24) is 0 Å². The Kier molecular flexibility index (Phi) is 6.17. The molecule has 0 aromatic heterocycles. The molecule has 0 spiro atoms. The Morgan fingerprint density at radius 1 is 1.12 bits per heavy atom. The van der Waals surface area contributed by atoms with Crippen LogP contribution in [0.25, 0.3) is 0 Å². The molecule has 26 heavy (non-hydrogen) atoms. The van der Waals surface area contributed by atoms with Crippen molar-refractivity contribution in [1.29, 1.82) is 0 Å². The second-order valence-corrected chi connectivity index (χ2v) is 7.23. The van der Waals surface area contributed by atoms with Crippen molar-refractivity contribution in [2.45, 2.75) is 30.6 Å². The summed E-state index contributed by atoms with van der Waals surface area (Å²) in [5.74, 6) is 0.345. The van der Waals surface area contributed by atoms with Crippen LogP contribution in [-0.4, -0.2) is 24.2 Å². The number of para-hydroxylation sites is 2. The van der Waals surface area contributed by atoms with Crippen molar-refractivity contribution in [2.75, 3.05) is 17.7 Å². The first-order valence-corrected chi connectivity index (χ1v) is 9.65. The van der Waals surface area contributed by atoms with Crippen LogP contribution in [0.5, 0.6) is 5.75 Å². The molecule has 0 heterocycles. The largest absolute Gasteiger partial charge is 0.491 e. The van der Waals surface area contributed by atoms with Crippen molar-refractivity contribution in [3.63, 3.8) is 0 Å². The summed E-state index contributed by atoms with van der Waals surface area (Å²) in [7, 11) is 0. The van der Waals surface area contributed by atoms with Gasteiger partial charge in [0.25, 0.3) is 0 Å². The van der Waals surface area contributed by atoms with Gasteiger partial charge in [0, 0.05) is 4.90 Å². The van der Waals surface area contributed by atoms with E-state index in [2.05, 4.69) is 23.5 Å². The lowest BCUT2D eigenvalue weighted by Gasteiger charge is -2.12. The molecule has 3 rings (SSSR count). The average Bonchev–Trinajstić information content (AvgIpc) is 3.09. The van der Waals surface area contributed by atoms with Gasteiger partial charge in [0.2, 0.25) is 11.8 Å². The Labute approximate surface area is 157 Å². The summed E-state index contributed by atoms with van der Waals surface area (Å²) >= 11 is 1.53. The summed E-state index contributed by atoms with van der Waals surface area (Å²) in [6.07, 6.45) is 3.65. The molecule has 6 heteroatoms. The van der Waals surface area contributed by atoms with E-state index in [9.17, 15) is 9.59 Å². The van der Waals surface area contributed by atoms with Crippen LogP contribution in [0.15, 0.2) is 47.4 Å². The number of ether oxygens (including phenoxy) is 1. The van der Waals surface area contributed by atoms with E-state index in [1.54, 1.807) is 12.1 Å². The highest BCUT2D eigenvalue weighted by Gasteiger charge is 2.12. The van der Waals surface area contributed by atoms with Gasteiger partial charge in [-0.15, -0.1) is 11.8 Å². The van der Waals surface area contributed by atoms with Crippen molar-refractivity contribution in [3.05, 3.63) is 53.6 Å². The van der Waals surface area contributed by atoms with E-state index < -0.39 is 5.91 Å². The fourth-order valence-electron chi connectivity index (χ4n) is 2.93. The van der Waals surface area contributed by atoms with E-state index in [1.807, 2.05) is 12.1 Å². The number of primary amides is 1. The van der Waals surface area contributed by atoms with E-state index in [4.69, 9.17) is 10.5 Å². The van der Waals surface area contributed by atoms with Gasteiger partial charge in [-0.3, -0.25) is 9.59 Å². The average molecular weight is 370 g/mol. The molecule has 0 bridgehead atoms. The first kappa shape index (κ1) is 18.3. The van der Waals surface area contributed by atoms with Gasteiger partial charge >= 0.3 is 0 Å². The number of amides is 2. The number of carbonyl (C=O) groups is 2. The van der Waals surface area contributed by atoms with Crippen molar-refractivity contribution in [3.8, 4) is 5.75 Å². The van der Waals surface area contributed by atoms with Crippen molar-refractivity contribution < 1.29 is 14.3 Å². The third-order valence-electron chi connectivity index (χ3n) is 4.21. The second-order valence-electron chi connectivity index (χ2n) is 6.18. The highest BCUT2D eigenvalue weighted by atomic mass is 32.2. The van der Waals surface area contributed by atoms with Gasteiger partial charge in [-0.25, -0.2) is 0 Å². The van der Waals surface area contributed by atoms with E-state index in [-0.39, 0.29) is 18.9 Å². The number of nitrogens with one attached hydrogen (secondary N) is 1. The molecule has 1 aliphatic carbocycles. The highest BCUT2D eigenvalue weighted by Crippen LogP contribution is 2.28. The lowest BCUT2D eigenvalue weighted by atomic mass is 10.1. The molecule has 2 aromatic carbocycles. The minimum atomic E-state index is -0.419. The molecule has 5 nitrogen and oxygen atoms in total. The van der Waals surface area contributed by atoms with E-state index >= 15 is 0 Å².